The summed E-state index contributed by atoms with van der Waals surface area (Å²) >= 11 is 6.07. The Bertz CT molecular complexity index is 586. The van der Waals surface area contributed by atoms with E-state index in [1.807, 2.05) is 18.2 Å². The number of imidazole rings is 1. The predicted octanol–water partition coefficient (Wildman–Crippen LogP) is 2.76. The summed E-state index contributed by atoms with van der Waals surface area (Å²) in [6.07, 6.45) is 2.60. The van der Waals surface area contributed by atoms with E-state index in [9.17, 15) is 0 Å². The van der Waals surface area contributed by atoms with Crippen molar-refractivity contribution in [2.45, 2.75) is 32.4 Å². The molecule has 2 heterocycles. The summed E-state index contributed by atoms with van der Waals surface area (Å²) in [6, 6.07) is 6.19. The van der Waals surface area contributed by atoms with Crippen LogP contribution in [0.4, 0.5) is 5.95 Å². The number of hydrogen-bond acceptors (Lipinski definition) is 3. The highest BCUT2D eigenvalue weighted by Gasteiger charge is 2.20. The molecule has 0 radical (unpaired) electrons. The molecule has 2 aromatic rings. The normalized spacial score (nSPS) is 18.2. The Balaban J connectivity index is 1.90. The molecule has 1 saturated heterocycles. The fourth-order valence-corrected chi connectivity index (χ4v) is 3.03. The molecule has 0 amide bonds. The topological polar surface area (TPSA) is 47.1 Å². The van der Waals surface area contributed by atoms with Crippen molar-refractivity contribution in [3.8, 4) is 0 Å². The maximum Gasteiger partial charge on any atom is 0.201 e. The van der Waals surface area contributed by atoms with Crippen LogP contribution in [0.15, 0.2) is 18.2 Å². The molecular formula is C14H19ClN4. The van der Waals surface area contributed by atoms with Gasteiger partial charge in [-0.25, -0.2) is 4.98 Å². The standard InChI is InChI=1S/C14H19ClN4/c1-10(18-6-2-3-7-18)9-19-13-8-11(15)4-5-12(13)17-14(19)16/h4-5,8,10H,2-3,6-7,9H2,1H3,(H2,16,17). The van der Waals surface area contributed by atoms with Crippen molar-refractivity contribution in [2.24, 2.45) is 0 Å². The Morgan fingerprint density at radius 3 is 2.84 bits per heavy atom. The van der Waals surface area contributed by atoms with E-state index in [4.69, 9.17) is 17.3 Å². The first-order valence-electron chi connectivity index (χ1n) is 6.80. The van der Waals surface area contributed by atoms with Gasteiger partial charge in [0.2, 0.25) is 5.95 Å². The van der Waals surface area contributed by atoms with Crippen LogP contribution in [-0.4, -0.2) is 33.6 Å². The SMILES string of the molecule is CC(Cn1c(N)nc2ccc(Cl)cc21)N1CCCC1. The number of rotatable bonds is 3. The first kappa shape index (κ1) is 12.8. The van der Waals surface area contributed by atoms with Crippen LogP contribution < -0.4 is 5.73 Å². The fraction of sp³-hybridized carbons (Fsp3) is 0.500. The van der Waals surface area contributed by atoms with Crippen LogP contribution in [0.25, 0.3) is 11.0 Å². The molecule has 4 nitrogen and oxygen atoms in total. The minimum atomic E-state index is 0.473. The number of nitrogen functional groups attached to an aromatic ring is 1. The lowest BCUT2D eigenvalue weighted by atomic mass is 10.2. The predicted molar refractivity (Wildman–Crippen MR) is 79.4 cm³/mol. The van der Waals surface area contributed by atoms with E-state index >= 15 is 0 Å². The van der Waals surface area contributed by atoms with Crippen LogP contribution in [0.3, 0.4) is 0 Å². The van der Waals surface area contributed by atoms with Gasteiger partial charge in [-0.15, -0.1) is 0 Å². The smallest absolute Gasteiger partial charge is 0.201 e. The van der Waals surface area contributed by atoms with Crippen LogP contribution >= 0.6 is 11.6 Å². The van der Waals surface area contributed by atoms with Gasteiger partial charge in [0.15, 0.2) is 0 Å². The molecule has 0 spiro atoms. The number of anilines is 1. The molecule has 0 bridgehead atoms. The Kier molecular flexibility index (Phi) is 3.37. The molecule has 19 heavy (non-hydrogen) atoms. The molecule has 1 aromatic heterocycles. The molecular weight excluding hydrogens is 260 g/mol. The van der Waals surface area contributed by atoms with Crippen molar-refractivity contribution in [3.05, 3.63) is 23.2 Å². The zero-order valence-electron chi connectivity index (χ0n) is 11.1. The van der Waals surface area contributed by atoms with Crippen LogP contribution in [0, 0.1) is 0 Å². The summed E-state index contributed by atoms with van der Waals surface area (Å²) < 4.78 is 2.07. The van der Waals surface area contributed by atoms with E-state index in [1.165, 1.54) is 25.9 Å². The third kappa shape index (κ3) is 2.42. The van der Waals surface area contributed by atoms with Crippen LogP contribution in [-0.2, 0) is 6.54 Å². The second-order valence-electron chi connectivity index (χ2n) is 5.31. The van der Waals surface area contributed by atoms with Gasteiger partial charge in [0.1, 0.15) is 0 Å². The molecule has 1 aliphatic heterocycles. The molecule has 5 heteroatoms. The molecule has 102 valence electrons. The molecule has 1 fully saturated rings. The van der Waals surface area contributed by atoms with Crippen molar-refractivity contribution >= 4 is 28.6 Å². The zero-order valence-corrected chi connectivity index (χ0v) is 11.9. The first-order valence-corrected chi connectivity index (χ1v) is 7.18. The number of hydrogen-bond donors (Lipinski definition) is 1. The van der Waals surface area contributed by atoms with E-state index < -0.39 is 0 Å². The Hall–Kier alpha value is -1.26. The highest BCUT2D eigenvalue weighted by atomic mass is 35.5. The third-order valence-electron chi connectivity index (χ3n) is 3.95. The van der Waals surface area contributed by atoms with Gasteiger partial charge in [-0.05, 0) is 51.1 Å². The van der Waals surface area contributed by atoms with Crippen LogP contribution in [0.1, 0.15) is 19.8 Å². The lowest BCUT2D eigenvalue weighted by Crippen LogP contribution is -2.33. The third-order valence-corrected chi connectivity index (χ3v) is 4.19. The minimum absolute atomic E-state index is 0.473. The van der Waals surface area contributed by atoms with Crippen molar-refractivity contribution in [1.29, 1.82) is 0 Å². The van der Waals surface area contributed by atoms with Gasteiger partial charge in [0.05, 0.1) is 11.0 Å². The van der Waals surface area contributed by atoms with Gasteiger partial charge >= 0.3 is 0 Å². The Morgan fingerprint density at radius 2 is 2.11 bits per heavy atom. The Labute approximate surface area is 118 Å². The summed E-state index contributed by atoms with van der Waals surface area (Å²) in [5.74, 6) is 0.573. The van der Waals surface area contributed by atoms with Gasteiger partial charge in [0, 0.05) is 17.6 Å². The maximum absolute atomic E-state index is 6.07. The van der Waals surface area contributed by atoms with Gasteiger partial charge in [0.25, 0.3) is 0 Å². The molecule has 3 rings (SSSR count). The number of halogens is 1. The average molecular weight is 279 g/mol. The van der Waals surface area contributed by atoms with Crippen molar-refractivity contribution in [3.63, 3.8) is 0 Å². The monoisotopic (exact) mass is 278 g/mol. The molecule has 1 aliphatic rings. The highest BCUT2D eigenvalue weighted by molar-refractivity contribution is 6.31. The Morgan fingerprint density at radius 1 is 1.37 bits per heavy atom. The minimum Gasteiger partial charge on any atom is -0.369 e. The summed E-state index contributed by atoms with van der Waals surface area (Å²) in [5, 5.41) is 0.725. The number of fused-ring (bicyclic) bond motifs is 1. The molecule has 1 unspecified atom stereocenters. The maximum atomic E-state index is 6.07. The van der Waals surface area contributed by atoms with E-state index in [0.717, 1.165) is 22.6 Å². The quantitative estimate of drug-likeness (QED) is 0.939. The zero-order chi connectivity index (χ0) is 13.4. The van der Waals surface area contributed by atoms with E-state index in [2.05, 4.69) is 21.4 Å². The lowest BCUT2D eigenvalue weighted by molar-refractivity contribution is 0.238. The number of aromatic nitrogens is 2. The molecule has 2 N–H and O–H groups in total. The summed E-state index contributed by atoms with van der Waals surface area (Å²) in [7, 11) is 0. The second-order valence-corrected chi connectivity index (χ2v) is 5.74. The van der Waals surface area contributed by atoms with Crippen LogP contribution in [0.5, 0.6) is 0 Å². The van der Waals surface area contributed by atoms with Gasteiger partial charge in [-0.1, -0.05) is 11.6 Å². The second kappa shape index (κ2) is 5.02. The van der Waals surface area contributed by atoms with Crippen molar-refractivity contribution < 1.29 is 0 Å². The molecule has 1 aromatic carbocycles. The van der Waals surface area contributed by atoms with E-state index in [1.54, 1.807) is 0 Å². The van der Waals surface area contributed by atoms with Crippen molar-refractivity contribution in [1.82, 2.24) is 14.5 Å². The summed E-state index contributed by atoms with van der Waals surface area (Å²) in [5.41, 5.74) is 7.98. The van der Waals surface area contributed by atoms with Crippen molar-refractivity contribution in [2.75, 3.05) is 18.8 Å². The number of nitrogens with two attached hydrogens (primary N) is 1. The average Bonchev–Trinajstić information content (AvgIpc) is 2.99. The van der Waals surface area contributed by atoms with E-state index in [0.29, 0.717) is 12.0 Å². The summed E-state index contributed by atoms with van der Waals surface area (Å²) in [6.45, 7) is 5.49. The molecule has 0 saturated carbocycles. The van der Waals surface area contributed by atoms with Crippen LogP contribution in [0.2, 0.25) is 5.02 Å². The molecule has 1 atom stereocenters. The lowest BCUT2D eigenvalue weighted by Gasteiger charge is -2.24. The first-order chi connectivity index (χ1) is 9.15. The fourth-order valence-electron chi connectivity index (χ4n) is 2.87. The number of benzene rings is 1. The van der Waals surface area contributed by atoms with E-state index in [-0.39, 0.29) is 0 Å². The molecule has 0 aliphatic carbocycles. The largest absolute Gasteiger partial charge is 0.369 e. The van der Waals surface area contributed by atoms with Gasteiger partial charge in [-0.3, -0.25) is 4.90 Å². The highest BCUT2D eigenvalue weighted by Crippen LogP contribution is 2.23. The van der Waals surface area contributed by atoms with Gasteiger partial charge < -0.3 is 10.3 Å². The number of nitrogens with zero attached hydrogens (tertiary/aromatic N) is 3. The van der Waals surface area contributed by atoms with Gasteiger partial charge in [-0.2, -0.15) is 0 Å². The number of likely N-dealkylation sites (tertiary alicyclic amines) is 1. The summed E-state index contributed by atoms with van der Waals surface area (Å²) in [4.78, 5) is 6.91.